The fraction of sp³-hybridized carbons (Fsp3) is 0.381. The molecule has 0 spiro atoms. The maximum Gasteiger partial charge on any atom is 0.145 e. The molecule has 0 aliphatic heterocycles. The lowest BCUT2D eigenvalue weighted by atomic mass is 10.0. The topological polar surface area (TPSA) is 62.3 Å². The number of rotatable bonds is 7. The predicted octanol–water partition coefficient (Wildman–Crippen LogP) is 3.94. The van der Waals surface area contributed by atoms with Crippen LogP contribution in [0.2, 0.25) is 0 Å². The quantitative estimate of drug-likeness (QED) is 0.699. The van der Waals surface area contributed by atoms with Crippen LogP contribution >= 0.6 is 0 Å². The standard InChI is InChI=1S/C21H27N3O2/c1-14(2)16-5-7-17(8-6-16)21-23-18-11-15(13-22)12-19(26-4)20(18)24(21)9-10-25-3/h5-8,11-12,14H,9-10,13,22H2,1-4H3. The second-order valence-electron chi connectivity index (χ2n) is 6.73. The molecule has 3 rings (SSSR count). The molecule has 5 nitrogen and oxygen atoms in total. The van der Waals surface area contributed by atoms with Gasteiger partial charge in [-0.15, -0.1) is 0 Å². The lowest BCUT2D eigenvalue weighted by molar-refractivity contribution is 0.188. The zero-order chi connectivity index (χ0) is 18.7. The summed E-state index contributed by atoms with van der Waals surface area (Å²) in [6, 6.07) is 12.6. The van der Waals surface area contributed by atoms with Gasteiger partial charge in [-0.05, 0) is 29.2 Å². The predicted molar refractivity (Wildman–Crippen MR) is 106 cm³/mol. The number of aromatic nitrogens is 2. The highest BCUT2D eigenvalue weighted by molar-refractivity contribution is 5.87. The molecule has 0 atom stereocenters. The van der Waals surface area contributed by atoms with Crippen molar-refractivity contribution in [3.63, 3.8) is 0 Å². The van der Waals surface area contributed by atoms with E-state index in [1.54, 1.807) is 14.2 Å². The summed E-state index contributed by atoms with van der Waals surface area (Å²) in [7, 11) is 3.39. The highest BCUT2D eigenvalue weighted by Crippen LogP contribution is 2.33. The summed E-state index contributed by atoms with van der Waals surface area (Å²) in [6.45, 7) is 6.15. The van der Waals surface area contributed by atoms with E-state index in [4.69, 9.17) is 20.2 Å². The Morgan fingerprint density at radius 1 is 1.12 bits per heavy atom. The third kappa shape index (κ3) is 3.45. The molecule has 0 aliphatic carbocycles. The van der Waals surface area contributed by atoms with E-state index in [0.717, 1.165) is 33.7 Å². The molecule has 0 saturated heterocycles. The molecule has 0 radical (unpaired) electrons. The van der Waals surface area contributed by atoms with Gasteiger partial charge in [-0.1, -0.05) is 38.1 Å². The van der Waals surface area contributed by atoms with E-state index < -0.39 is 0 Å². The number of imidazole rings is 1. The van der Waals surface area contributed by atoms with Crippen molar-refractivity contribution in [1.82, 2.24) is 9.55 Å². The number of fused-ring (bicyclic) bond motifs is 1. The Bertz CT molecular complexity index is 882. The van der Waals surface area contributed by atoms with Gasteiger partial charge < -0.3 is 19.8 Å². The number of methoxy groups -OCH3 is 2. The third-order valence-electron chi connectivity index (χ3n) is 4.68. The summed E-state index contributed by atoms with van der Waals surface area (Å²) < 4.78 is 13.1. The van der Waals surface area contributed by atoms with Crippen molar-refractivity contribution < 1.29 is 9.47 Å². The molecular weight excluding hydrogens is 326 g/mol. The second kappa shape index (κ2) is 7.89. The van der Waals surface area contributed by atoms with E-state index >= 15 is 0 Å². The number of ether oxygens (including phenoxy) is 2. The normalized spacial score (nSPS) is 11.5. The molecule has 0 aliphatic rings. The smallest absolute Gasteiger partial charge is 0.145 e. The Morgan fingerprint density at radius 3 is 2.42 bits per heavy atom. The third-order valence-corrected chi connectivity index (χ3v) is 4.68. The van der Waals surface area contributed by atoms with Crippen LogP contribution in [0.4, 0.5) is 0 Å². The average Bonchev–Trinajstić information content (AvgIpc) is 3.03. The van der Waals surface area contributed by atoms with Crippen LogP contribution in [0.1, 0.15) is 30.9 Å². The number of nitrogens with two attached hydrogens (primary N) is 1. The summed E-state index contributed by atoms with van der Waals surface area (Å²) in [5, 5.41) is 0. The molecule has 26 heavy (non-hydrogen) atoms. The molecular formula is C21H27N3O2. The summed E-state index contributed by atoms with van der Waals surface area (Å²) in [4.78, 5) is 4.90. The van der Waals surface area contributed by atoms with Crippen LogP contribution in [0.3, 0.4) is 0 Å². The fourth-order valence-corrected chi connectivity index (χ4v) is 3.20. The molecule has 1 heterocycles. The first-order valence-corrected chi connectivity index (χ1v) is 8.95. The molecule has 3 aromatic rings. The van der Waals surface area contributed by atoms with Gasteiger partial charge in [-0.2, -0.15) is 0 Å². The maximum absolute atomic E-state index is 5.84. The zero-order valence-electron chi connectivity index (χ0n) is 16.0. The highest BCUT2D eigenvalue weighted by atomic mass is 16.5. The monoisotopic (exact) mass is 353 g/mol. The summed E-state index contributed by atoms with van der Waals surface area (Å²) in [5.41, 5.74) is 11.1. The van der Waals surface area contributed by atoms with Gasteiger partial charge >= 0.3 is 0 Å². The van der Waals surface area contributed by atoms with Gasteiger partial charge in [0.2, 0.25) is 0 Å². The molecule has 0 unspecified atom stereocenters. The van der Waals surface area contributed by atoms with Crippen molar-refractivity contribution in [2.45, 2.75) is 32.9 Å². The minimum Gasteiger partial charge on any atom is -0.494 e. The summed E-state index contributed by atoms with van der Waals surface area (Å²) in [5.74, 6) is 2.21. The average molecular weight is 353 g/mol. The lowest BCUT2D eigenvalue weighted by Gasteiger charge is -2.12. The van der Waals surface area contributed by atoms with E-state index in [1.807, 2.05) is 12.1 Å². The van der Waals surface area contributed by atoms with Crippen molar-refractivity contribution in [1.29, 1.82) is 0 Å². The first kappa shape index (κ1) is 18.4. The lowest BCUT2D eigenvalue weighted by Crippen LogP contribution is -2.07. The van der Waals surface area contributed by atoms with Crippen molar-refractivity contribution in [2.24, 2.45) is 5.73 Å². The van der Waals surface area contributed by atoms with Gasteiger partial charge in [0.1, 0.15) is 17.1 Å². The number of benzene rings is 2. The van der Waals surface area contributed by atoms with Crippen molar-refractivity contribution in [3.8, 4) is 17.1 Å². The molecule has 1 aromatic heterocycles. The van der Waals surface area contributed by atoms with Crippen LogP contribution in [0.15, 0.2) is 36.4 Å². The molecule has 0 saturated carbocycles. The minimum absolute atomic E-state index is 0.454. The van der Waals surface area contributed by atoms with Gasteiger partial charge in [-0.25, -0.2) is 4.98 Å². The fourth-order valence-electron chi connectivity index (χ4n) is 3.20. The van der Waals surface area contributed by atoms with E-state index in [2.05, 4.69) is 42.7 Å². The maximum atomic E-state index is 5.84. The van der Waals surface area contributed by atoms with Gasteiger partial charge in [-0.3, -0.25) is 0 Å². The molecule has 0 fully saturated rings. The van der Waals surface area contributed by atoms with Gasteiger partial charge in [0.05, 0.1) is 19.2 Å². The summed E-state index contributed by atoms with van der Waals surface area (Å²) >= 11 is 0. The van der Waals surface area contributed by atoms with E-state index in [9.17, 15) is 0 Å². The Balaban J connectivity index is 2.19. The van der Waals surface area contributed by atoms with Crippen LogP contribution in [0.5, 0.6) is 5.75 Å². The Morgan fingerprint density at radius 2 is 1.85 bits per heavy atom. The first-order valence-electron chi connectivity index (χ1n) is 8.95. The van der Waals surface area contributed by atoms with Crippen LogP contribution in [-0.2, 0) is 17.8 Å². The van der Waals surface area contributed by atoms with E-state index in [-0.39, 0.29) is 0 Å². The molecule has 138 valence electrons. The Kier molecular flexibility index (Phi) is 5.59. The minimum atomic E-state index is 0.454. The van der Waals surface area contributed by atoms with Crippen molar-refractivity contribution in [3.05, 3.63) is 47.5 Å². The SMILES string of the molecule is COCCn1c(-c2ccc(C(C)C)cc2)nc2cc(CN)cc(OC)c21. The second-order valence-corrected chi connectivity index (χ2v) is 6.73. The summed E-state index contributed by atoms with van der Waals surface area (Å²) in [6.07, 6.45) is 0. The molecule has 0 bridgehead atoms. The van der Waals surface area contributed by atoms with Crippen molar-refractivity contribution in [2.75, 3.05) is 20.8 Å². The Hall–Kier alpha value is -2.37. The Labute approximate surface area is 154 Å². The van der Waals surface area contributed by atoms with Gasteiger partial charge in [0.25, 0.3) is 0 Å². The van der Waals surface area contributed by atoms with Crippen LogP contribution in [0.25, 0.3) is 22.4 Å². The zero-order valence-corrected chi connectivity index (χ0v) is 16.0. The number of hydrogen-bond donors (Lipinski definition) is 1. The van der Waals surface area contributed by atoms with Crippen LogP contribution in [0, 0.1) is 0 Å². The largest absolute Gasteiger partial charge is 0.494 e. The molecule has 0 amide bonds. The highest BCUT2D eigenvalue weighted by Gasteiger charge is 2.17. The first-order chi connectivity index (χ1) is 12.6. The number of nitrogens with zero attached hydrogens (tertiary/aromatic N) is 2. The van der Waals surface area contributed by atoms with Crippen LogP contribution < -0.4 is 10.5 Å². The van der Waals surface area contributed by atoms with Crippen molar-refractivity contribution >= 4 is 11.0 Å². The molecule has 2 N–H and O–H groups in total. The van der Waals surface area contributed by atoms with E-state index in [0.29, 0.717) is 25.6 Å². The van der Waals surface area contributed by atoms with E-state index in [1.165, 1.54) is 5.56 Å². The van der Waals surface area contributed by atoms with Crippen LogP contribution in [-0.4, -0.2) is 30.4 Å². The molecule has 2 aromatic carbocycles. The van der Waals surface area contributed by atoms with Gasteiger partial charge in [0, 0.05) is 25.8 Å². The van der Waals surface area contributed by atoms with Gasteiger partial charge in [0.15, 0.2) is 0 Å². The number of hydrogen-bond acceptors (Lipinski definition) is 4. The molecule has 5 heteroatoms.